The number of piperazine rings is 1. The molecule has 0 bridgehead atoms. The van der Waals surface area contributed by atoms with Crippen LogP contribution in [-0.4, -0.2) is 66.8 Å². The fourth-order valence-corrected chi connectivity index (χ4v) is 3.94. The Balaban J connectivity index is 1.93. The molecule has 6 N–H and O–H groups in total. The van der Waals surface area contributed by atoms with Gasteiger partial charge >= 0.3 is 6.18 Å². The molecule has 0 spiro atoms. The maximum atomic E-state index is 13.2. The third-order valence-electron chi connectivity index (χ3n) is 5.74. The Morgan fingerprint density at radius 3 is 2.37 bits per heavy atom. The van der Waals surface area contributed by atoms with Crippen LogP contribution < -0.4 is 16.8 Å². The van der Waals surface area contributed by atoms with Crippen LogP contribution in [0.3, 0.4) is 0 Å². The van der Waals surface area contributed by atoms with E-state index < -0.39 is 11.9 Å². The van der Waals surface area contributed by atoms with Gasteiger partial charge in [-0.2, -0.15) is 13.2 Å². The molecular weight excluding hydrogens is 479 g/mol. The number of nitrogens with zero attached hydrogens (tertiary/aromatic N) is 3. The Labute approximate surface area is 207 Å². The van der Waals surface area contributed by atoms with Crippen molar-refractivity contribution < 1.29 is 13.2 Å². The highest BCUT2D eigenvalue weighted by atomic mass is 35.5. The molecule has 35 heavy (non-hydrogen) atoms. The van der Waals surface area contributed by atoms with Crippen LogP contribution in [0.2, 0.25) is 0 Å². The fraction of sp³-hybridized carbons (Fsp3) is 0.333. The quantitative estimate of drug-likeness (QED) is 0.323. The van der Waals surface area contributed by atoms with Crippen LogP contribution in [-0.2, 0) is 6.18 Å². The second-order valence-electron chi connectivity index (χ2n) is 8.26. The Hall–Kier alpha value is -3.08. The first-order valence-corrected chi connectivity index (χ1v) is 11.4. The van der Waals surface area contributed by atoms with Gasteiger partial charge < -0.3 is 21.7 Å². The first kappa shape index (κ1) is 26.5. The number of likely N-dealkylation sites (N-methyl/N-ethyl adjacent to an activating group) is 1. The zero-order valence-electron chi connectivity index (χ0n) is 19.4. The molecule has 1 aliphatic heterocycles. The molecule has 0 aliphatic carbocycles. The van der Waals surface area contributed by atoms with Crippen LogP contribution in [0.1, 0.15) is 16.8 Å². The molecule has 3 rings (SSSR count). The fourth-order valence-electron chi connectivity index (χ4n) is 3.64. The number of aromatic nitrogens is 1. The van der Waals surface area contributed by atoms with Crippen LogP contribution in [0, 0.1) is 5.41 Å². The van der Waals surface area contributed by atoms with Crippen molar-refractivity contribution in [1.82, 2.24) is 20.1 Å². The Morgan fingerprint density at radius 2 is 1.74 bits per heavy atom. The lowest BCUT2D eigenvalue weighted by molar-refractivity contribution is -0.141. The van der Waals surface area contributed by atoms with Gasteiger partial charge in [0, 0.05) is 51.0 Å². The predicted octanol–water partition coefficient (Wildman–Crippen LogP) is 3.04. The van der Waals surface area contributed by atoms with Gasteiger partial charge in [-0.1, -0.05) is 41.9 Å². The van der Waals surface area contributed by atoms with Crippen LogP contribution in [0.4, 0.5) is 13.2 Å². The maximum absolute atomic E-state index is 13.2. The number of hydrogen-bond donors (Lipinski definition) is 4. The summed E-state index contributed by atoms with van der Waals surface area (Å²) in [6, 6.07) is 10.9. The van der Waals surface area contributed by atoms with Crippen molar-refractivity contribution in [1.29, 1.82) is 5.41 Å². The molecule has 1 fully saturated rings. The molecule has 0 unspecified atom stereocenters. The van der Waals surface area contributed by atoms with E-state index in [0.717, 1.165) is 38.4 Å². The van der Waals surface area contributed by atoms with Crippen LogP contribution in [0.15, 0.2) is 65.1 Å². The second-order valence-corrected chi connectivity index (χ2v) is 8.63. The summed E-state index contributed by atoms with van der Waals surface area (Å²) in [5, 5.41) is 11.7. The third-order valence-corrected chi connectivity index (χ3v) is 6.13. The highest BCUT2D eigenvalue weighted by molar-refractivity contribution is 6.39. The number of pyridine rings is 1. The maximum Gasteiger partial charge on any atom is 0.433 e. The zero-order chi connectivity index (χ0) is 25.6. The molecule has 0 saturated carbocycles. The minimum Gasteiger partial charge on any atom is -0.397 e. The van der Waals surface area contributed by atoms with E-state index in [4.69, 9.17) is 28.5 Å². The molecule has 0 radical (unpaired) electrons. The topological polar surface area (TPSA) is 107 Å². The first-order valence-electron chi connectivity index (χ1n) is 11.1. The number of alkyl halides is 3. The van der Waals surface area contributed by atoms with Crippen LogP contribution >= 0.6 is 11.6 Å². The van der Waals surface area contributed by atoms with Gasteiger partial charge in [0.25, 0.3) is 0 Å². The summed E-state index contributed by atoms with van der Waals surface area (Å²) in [5.74, 6) is 0.0541. The highest BCUT2D eigenvalue weighted by Gasteiger charge is 2.33. The lowest BCUT2D eigenvalue weighted by Gasteiger charge is -2.32. The van der Waals surface area contributed by atoms with Gasteiger partial charge in [0.15, 0.2) is 0 Å². The van der Waals surface area contributed by atoms with Gasteiger partial charge in [0.2, 0.25) is 0 Å². The van der Waals surface area contributed by atoms with Crippen molar-refractivity contribution in [2.75, 3.05) is 46.3 Å². The minimum atomic E-state index is -4.66. The zero-order valence-corrected chi connectivity index (χ0v) is 20.1. The second kappa shape index (κ2) is 11.6. The van der Waals surface area contributed by atoms with Gasteiger partial charge in [0.1, 0.15) is 11.5 Å². The number of nitrogens with one attached hydrogen (secondary N) is 2. The van der Waals surface area contributed by atoms with E-state index in [-0.39, 0.29) is 33.4 Å². The smallest absolute Gasteiger partial charge is 0.397 e. The van der Waals surface area contributed by atoms with Crippen molar-refractivity contribution >= 4 is 23.0 Å². The number of benzene rings is 1. The molecule has 0 atom stereocenters. The molecule has 1 saturated heterocycles. The number of nitrogens with two attached hydrogens (primary N) is 2. The molecule has 2 heterocycles. The van der Waals surface area contributed by atoms with Gasteiger partial charge in [-0.05, 0) is 24.7 Å². The van der Waals surface area contributed by atoms with E-state index >= 15 is 0 Å². The van der Waals surface area contributed by atoms with Gasteiger partial charge in [0.05, 0.1) is 22.0 Å². The molecule has 1 aromatic heterocycles. The summed E-state index contributed by atoms with van der Waals surface area (Å²) >= 11 is 6.63. The summed E-state index contributed by atoms with van der Waals surface area (Å²) in [6.07, 6.45) is -3.66. The van der Waals surface area contributed by atoms with E-state index in [1.807, 2.05) is 6.07 Å². The monoisotopic (exact) mass is 507 g/mol. The molecule has 188 valence electrons. The van der Waals surface area contributed by atoms with E-state index in [2.05, 4.69) is 27.1 Å². The largest absolute Gasteiger partial charge is 0.433 e. The van der Waals surface area contributed by atoms with Crippen LogP contribution in [0.25, 0.3) is 5.70 Å². The van der Waals surface area contributed by atoms with Crippen molar-refractivity contribution in [2.24, 2.45) is 11.5 Å². The number of halogens is 4. The van der Waals surface area contributed by atoms with E-state index in [1.165, 1.54) is 6.07 Å². The van der Waals surface area contributed by atoms with Crippen molar-refractivity contribution in [2.45, 2.75) is 6.18 Å². The normalized spacial score (nSPS) is 16.9. The number of hydrogen-bond acceptors (Lipinski definition) is 7. The predicted molar refractivity (Wildman–Crippen MR) is 133 cm³/mol. The molecule has 2 aromatic rings. The summed E-state index contributed by atoms with van der Waals surface area (Å²) in [4.78, 5) is 7.89. The number of rotatable bonds is 8. The number of allylic oxidation sites excluding steroid dienone is 2. The highest BCUT2D eigenvalue weighted by Crippen LogP contribution is 2.30. The lowest BCUT2D eigenvalue weighted by Crippen LogP contribution is -2.46. The first-order chi connectivity index (χ1) is 16.6. The molecule has 1 aromatic carbocycles. The van der Waals surface area contributed by atoms with Crippen LogP contribution in [0.5, 0.6) is 0 Å². The summed E-state index contributed by atoms with van der Waals surface area (Å²) in [6.45, 7) is 4.94. The van der Waals surface area contributed by atoms with Crippen molar-refractivity contribution in [3.63, 3.8) is 0 Å². The molecule has 11 heteroatoms. The van der Waals surface area contributed by atoms with E-state index in [9.17, 15) is 13.2 Å². The van der Waals surface area contributed by atoms with E-state index in [1.54, 1.807) is 24.3 Å². The van der Waals surface area contributed by atoms with Gasteiger partial charge in [-0.25, -0.2) is 0 Å². The third kappa shape index (κ3) is 6.97. The molecule has 0 amide bonds. The average Bonchev–Trinajstić information content (AvgIpc) is 2.85. The minimum absolute atomic E-state index is 0.0192. The van der Waals surface area contributed by atoms with Crippen molar-refractivity contribution in [3.05, 3.63) is 81.9 Å². The lowest BCUT2D eigenvalue weighted by atomic mass is 9.99. The average molecular weight is 508 g/mol. The molecule has 1 aliphatic rings. The standard InChI is InChI=1S/C24H29ClF3N7/c1-34-11-13-35(14-12-34)10-9-33-23(31)19(20(25)22(30)16-5-3-2-4-6-16)21(29)17-7-8-32-18(15-17)24(26,27)28/h2-8,15,29,33H,9-14,30-31H2,1H3/b22-20+,23-19-,29-21?. The van der Waals surface area contributed by atoms with E-state index in [0.29, 0.717) is 18.7 Å². The van der Waals surface area contributed by atoms with Gasteiger partial charge in [-0.15, -0.1) is 0 Å². The summed E-state index contributed by atoms with van der Waals surface area (Å²) < 4.78 is 39.7. The Bertz CT molecular complexity index is 1090. The Kier molecular flexibility index (Phi) is 8.76. The molecular formula is C24H29ClF3N7. The summed E-state index contributed by atoms with van der Waals surface area (Å²) in [7, 11) is 2.07. The molecule has 7 nitrogen and oxygen atoms in total. The summed E-state index contributed by atoms with van der Waals surface area (Å²) in [5.41, 5.74) is 11.9. The Morgan fingerprint density at radius 1 is 1.09 bits per heavy atom. The van der Waals surface area contributed by atoms with Gasteiger partial charge in [-0.3, -0.25) is 15.3 Å². The SMILES string of the molecule is CN1CCN(CCN/C(N)=C(C(=N)c2ccnc(C(F)(F)F)c2)/C(Cl)=C(\N)c2ccccc2)CC1. The van der Waals surface area contributed by atoms with Crippen molar-refractivity contribution in [3.8, 4) is 0 Å².